The van der Waals surface area contributed by atoms with Crippen LogP contribution in [0.2, 0.25) is 0 Å². The number of carbonyl (C=O) groups is 2. The molecule has 0 spiro atoms. The molecule has 1 aromatic rings. The van der Waals surface area contributed by atoms with Crippen LogP contribution in [0, 0.1) is 5.41 Å². The van der Waals surface area contributed by atoms with Crippen molar-refractivity contribution in [2.24, 2.45) is 5.41 Å². The van der Waals surface area contributed by atoms with Crippen molar-refractivity contribution < 1.29 is 19.8 Å². The van der Waals surface area contributed by atoms with Gasteiger partial charge in [0.2, 0.25) is 0 Å². The number of hydrogen-bond acceptors (Lipinski definition) is 3. The van der Waals surface area contributed by atoms with Crippen molar-refractivity contribution in [3.05, 3.63) is 22.4 Å². The minimum absolute atomic E-state index is 0.207. The summed E-state index contributed by atoms with van der Waals surface area (Å²) in [5.41, 5.74) is -1.56. The lowest BCUT2D eigenvalue weighted by molar-refractivity contribution is -0.157. The van der Waals surface area contributed by atoms with Gasteiger partial charge in [0.25, 0.3) is 0 Å². The zero-order valence-electron chi connectivity index (χ0n) is 7.14. The van der Waals surface area contributed by atoms with Crippen LogP contribution in [0.3, 0.4) is 0 Å². The van der Waals surface area contributed by atoms with Crippen molar-refractivity contribution in [3.8, 4) is 0 Å². The summed E-state index contributed by atoms with van der Waals surface area (Å²) in [5.74, 6) is -2.82. The monoisotopic (exact) mass is 212 g/mol. The molecule has 0 unspecified atom stereocenters. The first-order valence-electron chi connectivity index (χ1n) is 4.09. The normalized spacial score (nSPS) is 23.0. The third-order valence-electron chi connectivity index (χ3n) is 2.61. The van der Waals surface area contributed by atoms with E-state index in [2.05, 4.69) is 0 Å². The largest absolute Gasteiger partial charge is 0.480 e. The van der Waals surface area contributed by atoms with Crippen LogP contribution in [-0.4, -0.2) is 22.2 Å². The molecule has 14 heavy (non-hydrogen) atoms. The van der Waals surface area contributed by atoms with Gasteiger partial charge in [-0.25, -0.2) is 0 Å². The van der Waals surface area contributed by atoms with Gasteiger partial charge in [-0.3, -0.25) is 9.59 Å². The maximum absolute atomic E-state index is 10.9. The van der Waals surface area contributed by atoms with Gasteiger partial charge in [-0.1, -0.05) is 6.07 Å². The smallest absolute Gasteiger partial charge is 0.321 e. The first-order chi connectivity index (χ1) is 6.59. The van der Waals surface area contributed by atoms with Gasteiger partial charge >= 0.3 is 11.9 Å². The second kappa shape index (κ2) is 2.81. The summed E-state index contributed by atoms with van der Waals surface area (Å²) in [4.78, 5) is 22.6. The average molecular weight is 212 g/mol. The van der Waals surface area contributed by atoms with Gasteiger partial charge in [0.15, 0.2) is 5.41 Å². The highest BCUT2D eigenvalue weighted by Gasteiger charge is 2.67. The lowest BCUT2D eigenvalue weighted by atomic mass is 10.0. The van der Waals surface area contributed by atoms with Crippen molar-refractivity contribution in [1.29, 1.82) is 0 Å². The fraction of sp³-hybridized carbons (Fsp3) is 0.333. The Balaban J connectivity index is 2.30. The Morgan fingerprint density at radius 2 is 2.07 bits per heavy atom. The van der Waals surface area contributed by atoms with E-state index in [4.69, 9.17) is 10.2 Å². The molecule has 0 amide bonds. The Bertz CT molecular complexity index is 368. The molecular weight excluding hydrogens is 204 g/mol. The van der Waals surface area contributed by atoms with Crippen molar-refractivity contribution in [2.75, 3.05) is 0 Å². The molecule has 0 saturated heterocycles. The first kappa shape index (κ1) is 9.21. The number of rotatable bonds is 3. The van der Waals surface area contributed by atoms with E-state index in [1.54, 1.807) is 12.1 Å². The number of carboxylic acids is 2. The zero-order chi connectivity index (χ0) is 10.3. The molecule has 0 bridgehead atoms. The van der Waals surface area contributed by atoms with Crippen LogP contribution in [-0.2, 0) is 9.59 Å². The highest BCUT2D eigenvalue weighted by molar-refractivity contribution is 7.10. The summed E-state index contributed by atoms with van der Waals surface area (Å²) in [7, 11) is 0. The van der Waals surface area contributed by atoms with E-state index in [1.807, 2.05) is 5.38 Å². The Hall–Kier alpha value is -1.36. The maximum atomic E-state index is 10.9. The molecule has 2 N–H and O–H groups in total. The topological polar surface area (TPSA) is 74.6 Å². The Morgan fingerprint density at radius 1 is 1.43 bits per heavy atom. The molecule has 1 fully saturated rings. The molecule has 0 aromatic carbocycles. The molecule has 1 aliphatic rings. The maximum Gasteiger partial charge on any atom is 0.321 e. The lowest BCUT2D eigenvalue weighted by Gasteiger charge is -2.04. The molecule has 2 rings (SSSR count). The van der Waals surface area contributed by atoms with Gasteiger partial charge < -0.3 is 10.2 Å². The summed E-state index contributed by atoms with van der Waals surface area (Å²) >= 11 is 1.40. The Labute approximate surface area is 83.8 Å². The summed E-state index contributed by atoms with van der Waals surface area (Å²) < 4.78 is 0. The summed E-state index contributed by atoms with van der Waals surface area (Å²) in [6.45, 7) is 0. The molecule has 1 atom stereocenters. The Morgan fingerprint density at radius 3 is 2.43 bits per heavy atom. The van der Waals surface area contributed by atoms with Crippen molar-refractivity contribution in [3.63, 3.8) is 0 Å². The van der Waals surface area contributed by atoms with Gasteiger partial charge in [-0.05, 0) is 17.9 Å². The highest BCUT2D eigenvalue weighted by atomic mass is 32.1. The van der Waals surface area contributed by atoms with E-state index in [0.29, 0.717) is 0 Å². The molecular formula is C9H8O4S. The summed E-state index contributed by atoms with van der Waals surface area (Å²) in [5, 5.41) is 19.6. The number of aliphatic carboxylic acids is 2. The van der Waals surface area contributed by atoms with Gasteiger partial charge in [-0.15, -0.1) is 11.3 Å². The molecule has 1 aromatic heterocycles. The second-order valence-corrected chi connectivity index (χ2v) is 4.33. The van der Waals surface area contributed by atoms with Crippen molar-refractivity contribution in [2.45, 2.75) is 12.3 Å². The molecule has 1 aliphatic carbocycles. The number of carboxylic acid groups (broad SMARTS) is 2. The molecule has 74 valence electrons. The molecule has 0 radical (unpaired) electrons. The van der Waals surface area contributed by atoms with Gasteiger partial charge in [0.05, 0.1) is 0 Å². The van der Waals surface area contributed by atoms with Crippen LogP contribution >= 0.6 is 11.3 Å². The van der Waals surface area contributed by atoms with Gasteiger partial charge in [0, 0.05) is 10.8 Å². The standard InChI is InChI=1S/C9H8O4S/c10-7(11)9(8(12)13)4-5(9)6-2-1-3-14-6/h1-3,5H,4H2,(H,10,11)(H,12,13)/t5-/m1/s1. The quantitative estimate of drug-likeness (QED) is 0.742. The predicted octanol–water partition coefficient (Wildman–Crippen LogP) is 1.39. The van der Waals surface area contributed by atoms with Crippen molar-refractivity contribution in [1.82, 2.24) is 0 Å². The minimum Gasteiger partial charge on any atom is -0.480 e. The third kappa shape index (κ3) is 1.05. The summed E-state index contributed by atoms with van der Waals surface area (Å²) in [6, 6.07) is 3.58. The second-order valence-electron chi connectivity index (χ2n) is 3.35. The van der Waals surface area contributed by atoms with Crippen molar-refractivity contribution >= 4 is 23.3 Å². The highest BCUT2D eigenvalue weighted by Crippen LogP contribution is 2.60. The molecule has 0 aliphatic heterocycles. The zero-order valence-corrected chi connectivity index (χ0v) is 7.95. The van der Waals surface area contributed by atoms with E-state index >= 15 is 0 Å². The fourth-order valence-electron chi connectivity index (χ4n) is 1.66. The van der Waals surface area contributed by atoms with Crippen LogP contribution in [0.5, 0.6) is 0 Å². The van der Waals surface area contributed by atoms with Crippen LogP contribution in [0.4, 0.5) is 0 Å². The van der Waals surface area contributed by atoms with Crippen LogP contribution in [0.15, 0.2) is 17.5 Å². The first-order valence-corrected chi connectivity index (χ1v) is 4.97. The SMILES string of the molecule is O=C(O)C1(C(=O)O)C[C@@H]1c1cccs1. The van der Waals surface area contributed by atoms with Crippen LogP contribution in [0.1, 0.15) is 17.2 Å². The Kier molecular flexibility index (Phi) is 1.85. The van der Waals surface area contributed by atoms with Crippen LogP contribution < -0.4 is 0 Å². The van der Waals surface area contributed by atoms with E-state index < -0.39 is 17.4 Å². The van der Waals surface area contributed by atoms with E-state index in [1.165, 1.54) is 11.3 Å². The molecule has 1 heterocycles. The predicted molar refractivity (Wildman–Crippen MR) is 49.4 cm³/mol. The molecule has 1 saturated carbocycles. The molecule has 5 heteroatoms. The number of thiophene rings is 1. The average Bonchev–Trinajstić information content (AvgIpc) is 2.66. The van der Waals surface area contributed by atoms with Crippen LogP contribution in [0.25, 0.3) is 0 Å². The lowest BCUT2D eigenvalue weighted by Crippen LogP contribution is -2.26. The summed E-state index contributed by atoms with van der Waals surface area (Å²) in [6.07, 6.45) is 0.207. The van der Waals surface area contributed by atoms with Gasteiger partial charge in [-0.2, -0.15) is 0 Å². The van der Waals surface area contributed by atoms with Gasteiger partial charge in [0.1, 0.15) is 0 Å². The van der Waals surface area contributed by atoms with E-state index in [-0.39, 0.29) is 12.3 Å². The van der Waals surface area contributed by atoms with E-state index in [0.717, 1.165) is 4.88 Å². The van der Waals surface area contributed by atoms with E-state index in [9.17, 15) is 9.59 Å². The minimum atomic E-state index is -1.56. The number of hydrogen-bond donors (Lipinski definition) is 2. The molecule has 4 nitrogen and oxygen atoms in total. The fourth-order valence-corrected chi connectivity index (χ4v) is 2.58. The third-order valence-corrected chi connectivity index (χ3v) is 3.60.